The van der Waals surface area contributed by atoms with Crippen LogP contribution in [0.4, 0.5) is 0 Å². The molecule has 2 nitrogen and oxygen atoms in total. The van der Waals surface area contributed by atoms with Gasteiger partial charge in [-0.3, -0.25) is 4.79 Å². The quantitative estimate of drug-likeness (QED) is 0.734. The molecule has 0 saturated heterocycles. The number of halogens is 2. The minimum Gasteiger partial charge on any atom is -0.347 e. The van der Waals surface area contributed by atoms with E-state index < -0.39 is 0 Å². The van der Waals surface area contributed by atoms with Crippen LogP contribution in [0.5, 0.6) is 0 Å². The maximum Gasteiger partial charge on any atom is 0.252 e. The number of nitrogens with one attached hydrogen (secondary N) is 1. The highest BCUT2D eigenvalue weighted by atomic mass is 79.9. The summed E-state index contributed by atoms with van der Waals surface area (Å²) < 4.78 is 1.81. The first-order valence-corrected chi connectivity index (χ1v) is 9.39. The Hall–Kier alpha value is -0.350. The predicted octanol–water partition coefficient (Wildman–Crippen LogP) is 4.91. The molecular formula is C17H19Br2NO. The molecule has 5 rings (SSSR count). The highest BCUT2D eigenvalue weighted by Gasteiger charge is 2.51. The van der Waals surface area contributed by atoms with Crippen molar-refractivity contribution in [1.82, 2.24) is 5.32 Å². The second kappa shape index (κ2) is 5.09. The van der Waals surface area contributed by atoms with Crippen LogP contribution < -0.4 is 5.32 Å². The lowest BCUT2D eigenvalue weighted by molar-refractivity contribution is -0.0167. The van der Waals surface area contributed by atoms with Crippen molar-refractivity contribution in [2.45, 2.75) is 44.1 Å². The first kappa shape index (κ1) is 14.3. The molecule has 0 unspecified atom stereocenters. The Bertz CT molecular complexity index is 563. The predicted molar refractivity (Wildman–Crippen MR) is 90.2 cm³/mol. The normalized spacial score (nSPS) is 36.8. The smallest absolute Gasteiger partial charge is 0.252 e. The lowest BCUT2D eigenvalue weighted by Gasteiger charge is -2.56. The summed E-state index contributed by atoms with van der Waals surface area (Å²) in [4.78, 5) is 12.7. The summed E-state index contributed by atoms with van der Waals surface area (Å²) in [5.74, 6) is 2.62. The number of hydrogen-bond donors (Lipinski definition) is 1. The molecule has 1 N–H and O–H groups in total. The number of rotatable bonds is 2. The second-order valence-corrected chi connectivity index (χ2v) is 9.05. The number of amides is 1. The molecule has 0 aromatic heterocycles. The lowest BCUT2D eigenvalue weighted by Crippen LogP contribution is -2.59. The lowest BCUT2D eigenvalue weighted by atomic mass is 9.53. The van der Waals surface area contributed by atoms with Crippen molar-refractivity contribution < 1.29 is 4.79 Å². The van der Waals surface area contributed by atoms with E-state index in [0.29, 0.717) is 0 Å². The topological polar surface area (TPSA) is 29.1 Å². The summed E-state index contributed by atoms with van der Waals surface area (Å²) in [6.45, 7) is 0. The fourth-order valence-electron chi connectivity index (χ4n) is 5.24. The van der Waals surface area contributed by atoms with Crippen LogP contribution >= 0.6 is 31.9 Å². The molecule has 0 atom stereocenters. The van der Waals surface area contributed by atoms with Crippen LogP contribution in [0.15, 0.2) is 27.1 Å². The zero-order chi connectivity index (χ0) is 14.6. The molecule has 0 aliphatic heterocycles. The molecule has 1 aromatic rings. The van der Waals surface area contributed by atoms with Crippen LogP contribution in [0.2, 0.25) is 0 Å². The van der Waals surface area contributed by atoms with Gasteiger partial charge in [-0.05, 0) is 90.4 Å². The van der Waals surface area contributed by atoms with Gasteiger partial charge in [0.2, 0.25) is 0 Å². The van der Waals surface area contributed by atoms with Gasteiger partial charge in [-0.15, -0.1) is 0 Å². The SMILES string of the molecule is O=C(NC12CC3CC(CC(C3)C1)C2)c1cc(Br)ccc1Br. The highest BCUT2D eigenvalue weighted by Crippen LogP contribution is 2.55. The Labute approximate surface area is 142 Å². The Morgan fingerprint density at radius 1 is 1.05 bits per heavy atom. The van der Waals surface area contributed by atoms with Crippen molar-refractivity contribution in [3.63, 3.8) is 0 Å². The van der Waals surface area contributed by atoms with Crippen LogP contribution in [0, 0.1) is 17.8 Å². The van der Waals surface area contributed by atoms with Crippen molar-refractivity contribution in [3.05, 3.63) is 32.7 Å². The fourth-order valence-corrected chi connectivity index (χ4v) is 6.03. The molecule has 21 heavy (non-hydrogen) atoms. The Balaban J connectivity index is 1.58. The van der Waals surface area contributed by atoms with E-state index in [1.165, 1.54) is 38.5 Å². The number of carbonyl (C=O) groups excluding carboxylic acids is 1. The summed E-state index contributed by atoms with van der Waals surface area (Å²) in [6.07, 6.45) is 7.77. The van der Waals surface area contributed by atoms with Gasteiger partial charge in [0.1, 0.15) is 0 Å². The van der Waals surface area contributed by atoms with Crippen LogP contribution in [0.3, 0.4) is 0 Å². The third-order valence-corrected chi connectivity index (χ3v) is 6.77. The third-order valence-electron chi connectivity index (χ3n) is 5.59. The van der Waals surface area contributed by atoms with Gasteiger partial charge in [0, 0.05) is 14.5 Å². The molecule has 0 radical (unpaired) electrons. The Morgan fingerprint density at radius 2 is 1.62 bits per heavy atom. The maximum atomic E-state index is 12.7. The van der Waals surface area contributed by atoms with E-state index in [4.69, 9.17) is 0 Å². The number of hydrogen-bond acceptors (Lipinski definition) is 1. The van der Waals surface area contributed by atoms with E-state index in [9.17, 15) is 4.79 Å². The summed E-state index contributed by atoms with van der Waals surface area (Å²) in [5, 5.41) is 3.42. The summed E-state index contributed by atoms with van der Waals surface area (Å²) in [5.41, 5.74) is 0.813. The maximum absolute atomic E-state index is 12.7. The number of benzene rings is 1. The molecule has 4 fully saturated rings. The molecule has 4 saturated carbocycles. The second-order valence-electron chi connectivity index (χ2n) is 7.28. The average molecular weight is 413 g/mol. The van der Waals surface area contributed by atoms with Gasteiger partial charge in [-0.25, -0.2) is 0 Å². The van der Waals surface area contributed by atoms with Crippen LogP contribution in [0.1, 0.15) is 48.9 Å². The van der Waals surface area contributed by atoms with E-state index in [1.807, 2.05) is 18.2 Å². The molecule has 1 amide bonds. The van der Waals surface area contributed by atoms with Crippen molar-refractivity contribution >= 4 is 37.8 Å². The van der Waals surface area contributed by atoms with Crippen molar-refractivity contribution in [2.75, 3.05) is 0 Å². The number of carbonyl (C=O) groups is 1. The van der Waals surface area contributed by atoms with E-state index >= 15 is 0 Å². The third kappa shape index (κ3) is 2.59. The van der Waals surface area contributed by atoms with Crippen molar-refractivity contribution in [2.24, 2.45) is 17.8 Å². The average Bonchev–Trinajstić information content (AvgIpc) is 2.39. The van der Waals surface area contributed by atoms with E-state index in [0.717, 1.165) is 32.3 Å². The Kier molecular flexibility index (Phi) is 3.45. The standard InChI is InChI=1S/C17H19Br2NO/c18-13-1-2-15(19)14(6-13)16(21)20-17-7-10-3-11(8-17)5-12(4-10)9-17/h1-2,6,10-12H,3-5,7-9H2,(H,20,21). The molecule has 112 valence electrons. The molecule has 4 aliphatic carbocycles. The van der Waals surface area contributed by atoms with Crippen molar-refractivity contribution in [3.8, 4) is 0 Å². The first-order valence-electron chi connectivity index (χ1n) is 7.81. The minimum atomic E-state index is 0.0742. The van der Waals surface area contributed by atoms with Gasteiger partial charge in [-0.1, -0.05) is 15.9 Å². The van der Waals surface area contributed by atoms with Crippen LogP contribution in [-0.4, -0.2) is 11.4 Å². The summed E-state index contributed by atoms with van der Waals surface area (Å²) in [7, 11) is 0. The summed E-state index contributed by atoms with van der Waals surface area (Å²) >= 11 is 6.96. The van der Waals surface area contributed by atoms with Gasteiger partial charge < -0.3 is 5.32 Å². The van der Waals surface area contributed by atoms with Gasteiger partial charge in [0.15, 0.2) is 0 Å². The minimum absolute atomic E-state index is 0.0742. The van der Waals surface area contributed by atoms with Crippen LogP contribution in [-0.2, 0) is 0 Å². The van der Waals surface area contributed by atoms with Crippen LogP contribution in [0.25, 0.3) is 0 Å². The summed E-state index contributed by atoms with van der Waals surface area (Å²) in [6, 6.07) is 5.78. The monoisotopic (exact) mass is 411 g/mol. The Morgan fingerprint density at radius 3 is 2.19 bits per heavy atom. The first-order chi connectivity index (χ1) is 10.0. The molecule has 0 spiro atoms. The fraction of sp³-hybridized carbons (Fsp3) is 0.588. The molecule has 0 heterocycles. The van der Waals surface area contributed by atoms with Gasteiger partial charge in [0.05, 0.1) is 5.56 Å². The van der Waals surface area contributed by atoms with Gasteiger partial charge in [0.25, 0.3) is 5.91 Å². The highest BCUT2D eigenvalue weighted by molar-refractivity contribution is 9.11. The molecule has 1 aromatic carbocycles. The molecule has 4 bridgehead atoms. The van der Waals surface area contributed by atoms with E-state index in [1.54, 1.807) is 0 Å². The molecular weight excluding hydrogens is 394 g/mol. The van der Waals surface area contributed by atoms with Crippen molar-refractivity contribution in [1.29, 1.82) is 0 Å². The zero-order valence-electron chi connectivity index (χ0n) is 11.9. The van der Waals surface area contributed by atoms with Gasteiger partial charge in [-0.2, -0.15) is 0 Å². The molecule has 4 heteroatoms. The largest absolute Gasteiger partial charge is 0.347 e. The van der Waals surface area contributed by atoms with E-state index in [-0.39, 0.29) is 11.4 Å². The van der Waals surface area contributed by atoms with Gasteiger partial charge >= 0.3 is 0 Å². The molecule has 4 aliphatic rings. The van der Waals surface area contributed by atoms with E-state index in [2.05, 4.69) is 37.2 Å². The zero-order valence-corrected chi connectivity index (χ0v) is 15.0.